The summed E-state index contributed by atoms with van der Waals surface area (Å²) in [4.78, 5) is 2.69. The molecule has 112 valence electrons. The molecule has 0 spiro atoms. The van der Waals surface area contributed by atoms with Crippen molar-refractivity contribution >= 4 is 0 Å². The summed E-state index contributed by atoms with van der Waals surface area (Å²) in [6.07, 6.45) is 5.23. The van der Waals surface area contributed by atoms with Crippen molar-refractivity contribution in [3.05, 3.63) is 35.4 Å². The number of aryl methyl sites for hydroxylation is 1. The van der Waals surface area contributed by atoms with Gasteiger partial charge in [0.1, 0.15) is 0 Å². The Bertz CT molecular complexity index is 402. The van der Waals surface area contributed by atoms with Crippen molar-refractivity contribution in [3.63, 3.8) is 0 Å². The molecule has 0 bridgehead atoms. The zero-order valence-corrected chi connectivity index (χ0v) is 13.4. The van der Waals surface area contributed by atoms with Crippen LogP contribution in [0.3, 0.4) is 0 Å². The normalized spacial score (nSPS) is 21.2. The fraction of sp³-hybridized carbons (Fsp3) is 0.667. The molecule has 2 unspecified atom stereocenters. The molecule has 0 radical (unpaired) electrons. The molecule has 2 nitrogen and oxygen atoms in total. The number of nitrogens with zero attached hydrogens (tertiary/aromatic N) is 1. The van der Waals surface area contributed by atoms with E-state index in [0.29, 0.717) is 6.04 Å². The lowest BCUT2D eigenvalue weighted by molar-refractivity contribution is 0.220. The van der Waals surface area contributed by atoms with Gasteiger partial charge in [0.05, 0.1) is 0 Å². The van der Waals surface area contributed by atoms with E-state index in [0.717, 1.165) is 19.1 Å². The first-order valence-corrected chi connectivity index (χ1v) is 8.29. The Morgan fingerprint density at radius 2 is 2.10 bits per heavy atom. The van der Waals surface area contributed by atoms with E-state index < -0.39 is 0 Å². The molecule has 2 atom stereocenters. The lowest BCUT2D eigenvalue weighted by atomic mass is 10.00. The molecule has 1 fully saturated rings. The van der Waals surface area contributed by atoms with E-state index in [4.69, 9.17) is 0 Å². The number of hydrogen-bond donors (Lipinski definition) is 1. The molecule has 1 aliphatic heterocycles. The molecule has 2 rings (SSSR count). The van der Waals surface area contributed by atoms with Crippen LogP contribution >= 0.6 is 0 Å². The standard InChI is InChI=1S/C18H30N2/c1-4-12-19-18(17-11-7-6-9-15(17)3)14-20-13-8-10-16(20)5-2/h6-7,9,11,16,18-19H,4-5,8,10,12-14H2,1-3H3. The van der Waals surface area contributed by atoms with Crippen molar-refractivity contribution in [1.82, 2.24) is 10.2 Å². The Kier molecular flexibility index (Phi) is 6.06. The van der Waals surface area contributed by atoms with Gasteiger partial charge in [-0.3, -0.25) is 4.90 Å². The summed E-state index contributed by atoms with van der Waals surface area (Å²) in [5.41, 5.74) is 2.89. The summed E-state index contributed by atoms with van der Waals surface area (Å²) >= 11 is 0. The van der Waals surface area contributed by atoms with E-state index in [1.165, 1.54) is 43.4 Å². The van der Waals surface area contributed by atoms with Gasteiger partial charge in [0, 0.05) is 18.6 Å². The minimum Gasteiger partial charge on any atom is -0.309 e. The largest absolute Gasteiger partial charge is 0.309 e. The highest BCUT2D eigenvalue weighted by molar-refractivity contribution is 5.29. The van der Waals surface area contributed by atoms with E-state index in [1.54, 1.807) is 0 Å². The molecular weight excluding hydrogens is 244 g/mol. The third-order valence-corrected chi connectivity index (χ3v) is 4.59. The zero-order valence-electron chi connectivity index (χ0n) is 13.4. The summed E-state index contributed by atoms with van der Waals surface area (Å²) in [6, 6.07) is 10.1. The highest BCUT2D eigenvalue weighted by atomic mass is 15.2. The van der Waals surface area contributed by atoms with Crippen molar-refractivity contribution in [3.8, 4) is 0 Å². The third kappa shape index (κ3) is 3.83. The molecule has 2 heteroatoms. The molecule has 1 saturated heterocycles. The molecule has 1 N–H and O–H groups in total. The second-order valence-corrected chi connectivity index (χ2v) is 6.06. The van der Waals surface area contributed by atoms with Crippen LogP contribution in [0, 0.1) is 6.92 Å². The van der Waals surface area contributed by atoms with Gasteiger partial charge in [0.2, 0.25) is 0 Å². The lowest BCUT2D eigenvalue weighted by Gasteiger charge is -2.30. The van der Waals surface area contributed by atoms with Crippen LogP contribution in [-0.4, -0.2) is 30.6 Å². The maximum Gasteiger partial charge on any atom is 0.0452 e. The molecule has 1 aliphatic rings. The quantitative estimate of drug-likeness (QED) is 0.811. The monoisotopic (exact) mass is 274 g/mol. The molecule has 0 aromatic heterocycles. The summed E-state index contributed by atoms with van der Waals surface area (Å²) in [5.74, 6) is 0. The predicted molar refractivity (Wildman–Crippen MR) is 87.1 cm³/mol. The fourth-order valence-electron chi connectivity index (χ4n) is 3.40. The van der Waals surface area contributed by atoms with Crippen LogP contribution in [0.15, 0.2) is 24.3 Å². The number of nitrogens with one attached hydrogen (secondary N) is 1. The number of likely N-dealkylation sites (tertiary alicyclic amines) is 1. The van der Waals surface area contributed by atoms with E-state index in [1.807, 2.05) is 0 Å². The third-order valence-electron chi connectivity index (χ3n) is 4.59. The summed E-state index contributed by atoms with van der Waals surface area (Å²) < 4.78 is 0. The van der Waals surface area contributed by atoms with Crippen molar-refractivity contribution in [2.45, 2.75) is 58.5 Å². The highest BCUT2D eigenvalue weighted by Gasteiger charge is 2.26. The van der Waals surface area contributed by atoms with Gasteiger partial charge >= 0.3 is 0 Å². The molecular formula is C18H30N2. The zero-order chi connectivity index (χ0) is 14.4. The smallest absolute Gasteiger partial charge is 0.0452 e. The van der Waals surface area contributed by atoms with Crippen LogP contribution in [0.5, 0.6) is 0 Å². The van der Waals surface area contributed by atoms with E-state index >= 15 is 0 Å². The molecule has 1 heterocycles. The summed E-state index contributed by atoms with van der Waals surface area (Å²) in [7, 11) is 0. The SMILES string of the molecule is CCCNC(CN1CCCC1CC)c1ccccc1C. The Morgan fingerprint density at radius 1 is 1.30 bits per heavy atom. The average Bonchev–Trinajstić information content (AvgIpc) is 2.91. The topological polar surface area (TPSA) is 15.3 Å². The van der Waals surface area contributed by atoms with Gasteiger partial charge in [0.25, 0.3) is 0 Å². The van der Waals surface area contributed by atoms with Gasteiger partial charge in [-0.2, -0.15) is 0 Å². The first-order valence-electron chi connectivity index (χ1n) is 8.29. The van der Waals surface area contributed by atoms with Crippen LogP contribution in [0.1, 0.15) is 56.7 Å². The molecule has 1 aromatic carbocycles. The molecule has 0 saturated carbocycles. The first kappa shape index (κ1) is 15.5. The van der Waals surface area contributed by atoms with E-state index in [-0.39, 0.29) is 0 Å². The van der Waals surface area contributed by atoms with Crippen molar-refractivity contribution in [1.29, 1.82) is 0 Å². The summed E-state index contributed by atoms with van der Waals surface area (Å²) in [6.45, 7) is 10.3. The van der Waals surface area contributed by atoms with Gasteiger partial charge in [-0.25, -0.2) is 0 Å². The van der Waals surface area contributed by atoms with E-state index in [2.05, 4.69) is 55.3 Å². The van der Waals surface area contributed by atoms with Gasteiger partial charge < -0.3 is 5.32 Å². The van der Waals surface area contributed by atoms with Crippen molar-refractivity contribution < 1.29 is 0 Å². The van der Waals surface area contributed by atoms with Gasteiger partial charge in [0.15, 0.2) is 0 Å². The second kappa shape index (κ2) is 7.80. The van der Waals surface area contributed by atoms with E-state index in [9.17, 15) is 0 Å². The second-order valence-electron chi connectivity index (χ2n) is 6.06. The average molecular weight is 274 g/mol. The fourth-order valence-corrected chi connectivity index (χ4v) is 3.40. The molecule has 0 aliphatic carbocycles. The van der Waals surface area contributed by atoms with Crippen molar-refractivity contribution in [2.24, 2.45) is 0 Å². The van der Waals surface area contributed by atoms with Gasteiger partial charge in [-0.05, 0) is 56.8 Å². The van der Waals surface area contributed by atoms with Crippen molar-refractivity contribution in [2.75, 3.05) is 19.6 Å². The maximum absolute atomic E-state index is 3.76. The summed E-state index contributed by atoms with van der Waals surface area (Å²) in [5, 5.41) is 3.76. The number of rotatable bonds is 7. The van der Waals surface area contributed by atoms with Gasteiger partial charge in [-0.1, -0.05) is 38.1 Å². The Labute approximate surface area is 124 Å². The van der Waals surface area contributed by atoms with Gasteiger partial charge in [-0.15, -0.1) is 0 Å². The van der Waals surface area contributed by atoms with Crippen LogP contribution < -0.4 is 5.32 Å². The number of benzene rings is 1. The predicted octanol–water partition coefficient (Wildman–Crippen LogP) is 3.91. The Morgan fingerprint density at radius 3 is 2.80 bits per heavy atom. The first-order chi connectivity index (χ1) is 9.76. The molecule has 20 heavy (non-hydrogen) atoms. The lowest BCUT2D eigenvalue weighted by Crippen LogP contribution is -2.38. The van der Waals surface area contributed by atoms with Crippen LogP contribution in [0.25, 0.3) is 0 Å². The highest BCUT2D eigenvalue weighted by Crippen LogP contribution is 2.25. The van der Waals surface area contributed by atoms with Crippen LogP contribution in [-0.2, 0) is 0 Å². The Balaban J connectivity index is 2.09. The van der Waals surface area contributed by atoms with Crippen LogP contribution in [0.4, 0.5) is 0 Å². The van der Waals surface area contributed by atoms with Crippen LogP contribution in [0.2, 0.25) is 0 Å². The number of hydrogen-bond acceptors (Lipinski definition) is 2. The Hall–Kier alpha value is -0.860. The molecule has 1 aromatic rings. The minimum absolute atomic E-state index is 0.475. The minimum atomic E-state index is 0.475. The maximum atomic E-state index is 3.76. The molecule has 0 amide bonds.